The van der Waals surface area contributed by atoms with Crippen LogP contribution in [0.1, 0.15) is 33.6 Å². The summed E-state index contributed by atoms with van der Waals surface area (Å²) in [4.78, 5) is 29.7. The predicted octanol–water partition coefficient (Wildman–Crippen LogP) is 5.08. The minimum absolute atomic E-state index is 0.0256. The highest BCUT2D eigenvalue weighted by molar-refractivity contribution is 6.01. The van der Waals surface area contributed by atoms with E-state index in [0.717, 1.165) is 27.7 Å². The number of para-hydroxylation sites is 1. The van der Waals surface area contributed by atoms with Gasteiger partial charge in [-0.1, -0.05) is 48.5 Å². The number of aryl methyl sites for hydroxylation is 1. The van der Waals surface area contributed by atoms with Gasteiger partial charge < -0.3 is 14.5 Å². The fourth-order valence-corrected chi connectivity index (χ4v) is 4.22. The number of Topliss-reactive ketones (excluding diaryl/α,β-unsaturated/α-hetero) is 1. The number of benzene rings is 3. The molecule has 36 heavy (non-hydrogen) atoms. The highest BCUT2D eigenvalue weighted by Crippen LogP contribution is 2.29. The van der Waals surface area contributed by atoms with Crippen molar-refractivity contribution >= 4 is 28.8 Å². The lowest BCUT2D eigenvalue weighted by molar-refractivity contribution is -0.124. The molecule has 184 valence electrons. The maximum Gasteiger partial charge on any atom is 0.243 e. The fraction of sp³-hybridized carbons (Fsp3) is 0.207. The van der Waals surface area contributed by atoms with Crippen LogP contribution in [0.2, 0.25) is 0 Å². The van der Waals surface area contributed by atoms with E-state index in [1.165, 1.54) is 14.2 Å². The molecule has 1 aromatic heterocycles. The first-order valence-corrected chi connectivity index (χ1v) is 11.7. The summed E-state index contributed by atoms with van der Waals surface area (Å²) >= 11 is 0. The number of ether oxygens (including phenoxy) is 2. The molecule has 0 spiro atoms. The van der Waals surface area contributed by atoms with Gasteiger partial charge in [0, 0.05) is 34.1 Å². The van der Waals surface area contributed by atoms with Gasteiger partial charge in [0.1, 0.15) is 0 Å². The summed E-state index contributed by atoms with van der Waals surface area (Å²) in [6, 6.07) is 22.6. The summed E-state index contributed by atoms with van der Waals surface area (Å²) < 4.78 is 10.6. The van der Waals surface area contributed by atoms with Gasteiger partial charge in [0.2, 0.25) is 5.91 Å². The van der Waals surface area contributed by atoms with E-state index in [-0.39, 0.29) is 18.1 Å². The molecule has 0 bridgehead atoms. The minimum atomic E-state index is -0.603. The van der Waals surface area contributed by atoms with Crippen molar-refractivity contribution in [1.82, 2.24) is 10.4 Å². The lowest BCUT2D eigenvalue weighted by Gasteiger charge is -2.15. The molecule has 1 amide bonds. The second-order valence-corrected chi connectivity index (χ2v) is 8.53. The number of aromatic amines is 1. The average molecular weight is 484 g/mol. The third-order valence-electron chi connectivity index (χ3n) is 6.14. The highest BCUT2D eigenvalue weighted by atomic mass is 16.5. The van der Waals surface area contributed by atoms with Crippen LogP contribution in [0, 0.1) is 12.8 Å². The molecule has 0 radical (unpaired) electrons. The summed E-state index contributed by atoms with van der Waals surface area (Å²) in [5.74, 6) is -0.0835. The summed E-state index contributed by atoms with van der Waals surface area (Å²) in [7, 11) is 3.06. The summed E-state index contributed by atoms with van der Waals surface area (Å²) in [5.41, 5.74) is 6.94. The highest BCUT2D eigenvalue weighted by Gasteiger charge is 2.24. The Balaban J connectivity index is 1.52. The first-order valence-electron chi connectivity index (χ1n) is 11.7. The van der Waals surface area contributed by atoms with E-state index in [4.69, 9.17) is 9.47 Å². The zero-order chi connectivity index (χ0) is 25.5. The lowest BCUT2D eigenvalue weighted by Crippen LogP contribution is -2.30. The van der Waals surface area contributed by atoms with Gasteiger partial charge in [-0.05, 0) is 43.2 Å². The number of aromatic nitrogens is 1. The van der Waals surface area contributed by atoms with Gasteiger partial charge >= 0.3 is 0 Å². The average Bonchev–Trinajstić information content (AvgIpc) is 3.23. The first-order chi connectivity index (χ1) is 17.5. The number of fused-ring (bicyclic) bond motifs is 1. The van der Waals surface area contributed by atoms with Crippen LogP contribution in [0.15, 0.2) is 77.9 Å². The number of hydrogen-bond donors (Lipinski definition) is 2. The van der Waals surface area contributed by atoms with Gasteiger partial charge in [0.15, 0.2) is 17.3 Å². The molecule has 4 rings (SSSR count). The number of ketones is 1. The smallest absolute Gasteiger partial charge is 0.243 e. The lowest BCUT2D eigenvalue weighted by atomic mass is 9.91. The maximum atomic E-state index is 13.2. The van der Waals surface area contributed by atoms with E-state index in [9.17, 15) is 9.59 Å². The number of methoxy groups -OCH3 is 2. The predicted molar refractivity (Wildman–Crippen MR) is 141 cm³/mol. The molecule has 0 aliphatic heterocycles. The maximum absolute atomic E-state index is 13.2. The number of carbonyl (C=O) groups excluding carboxylic acids is 2. The van der Waals surface area contributed by atoms with Crippen LogP contribution in [0.5, 0.6) is 11.5 Å². The molecule has 4 aromatic rings. The fourth-order valence-electron chi connectivity index (χ4n) is 4.22. The van der Waals surface area contributed by atoms with E-state index in [2.05, 4.69) is 15.5 Å². The van der Waals surface area contributed by atoms with Crippen LogP contribution in [0.25, 0.3) is 10.9 Å². The van der Waals surface area contributed by atoms with Crippen LogP contribution in [0.4, 0.5) is 0 Å². The summed E-state index contributed by atoms with van der Waals surface area (Å²) in [6.45, 7) is 1.96. The van der Waals surface area contributed by atoms with Crippen molar-refractivity contribution in [2.75, 3.05) is 14.2 Å². The van der Waals surface area contributed by atoms with Crippen LogP contribution in [-0.2, 0) is 11.2 Å². The monoisotopic (exact) mass is 483 g/mol. The molecule has 2 N–H and O–H groups in total. The van der Waals surface area contributed by atoms with Crippen molar-refractivity contribution in [3.8, 4) is 11.5 Å². The van der Waals surface area contributed by atoms with Crippen molar-refractivity contribution in [3.05, 3.63) is 95.2 Å². The van der Waals surface area contributed by atoms with E-state index in [1.807, 2.05) is 61.5 Å². The van der Waals surface area contributed by atoms with Gasteiger partial charge in [0.05, 0.1) is 26.4 Å². The number of hydrazone groups is 1. The normalized spacial score (nSPS) is 12.0. The van der Waals surface area contributed by atoms with Crippen LogP contribution >= 0.6 is 0 Å². The van der Waals surface area contributed by atoms with Gasteiger partial charge in [-0.15, -0.1) is 0 Å². The van der Waals surface area contributed by atoms with Gasteiger partial charge in [-0.3, -0.25) is 9.59 Å². The number of nitrogens with one attached hydrogen (secondary N) is 2. The molecule has 7 heteroatoms. The van der Waals surface area contributed by atoms with Crippen molar-refractivity contribution in [1.29, 1.82) is 0 Å². The van der Waals surface area contributed by atoms with E-state index < -0.39 is 5.92 Å². The molecule has 0 aliphatic carbocycles. The largest absolute Gasteiger partial charge is 0.493 e. The van der Waals surface area contributed by atoms with E-state index in [0.29, 0.717) is 23.5 Å². The third-order valence-corrected chi connectivity index (χ3v) is 6.14. The molecule has 0 unspecified atom stereocenters. The van der Waals surface area contributed by atoms with E-state index >= 15 is 0 Å². The zero-order valence-electron chi connectivity index (χ0n) is 20.6. The second-order valence-electron chi connectivity index (χ2n) is 8.53. The van der Waals surface area contributed by atoms with E-state index in [1.54, 1.807) is 24.4 Å². The Hall–Kier alpha value is -4.39. The van der Waals surface area contributed by atoms with Crippen molar-refractivity contribution in [2.24, 2.45) is 11.0 Å². The Morgan fingerprint density at radius 3 is 2.44 bits per heavy atom. The number of hydrogen-bond acceptors (Lipinski definition) is 5. The first kappa shape index (κ1) is 24.7. The van der Waals surface area contributed by atoms with Gasteiger partial charge in [-0.2, -0.15) is 5.10 Å². The Labute approximate surface area is 210 Å². The Bertz CT molecular complexity index is 1390. The molecule has 0 fully saturated rings. The molecule has 1 heterocycles. The van der Waals surface area contributed by atoms with Crippen LogP contribution < -0.4 is 14.9 Å². The molecule has 0 saturated heterocycles. The van der Waals surface area contributed by atoms with Crippen LogP contribution in [0.3, 0.4) is 0 Å². The number of nitrogens with zero attached hydrogens (tertiary/aromatic N) is 1. The quantitative estimate of drug-likeness (QED) is 0.187. The topological polar surface area (TPSA) is 92.8 Å². The number of H-pyrrole nitrogens is 1. The molecule has 0 saturated carbocycles. The zero-order valence-corrected chi connectivity index (χ0v) is 20.6. The Kier molecular flexibility index (Phi) is 7.80. The van der Waals surface area contributed by atoms with Crippen molar-refractivity contribution < 1.29 is 19.1 Å². The molecular formula is C29H29N3O4. The second kappa shape index (κ2) is 11.4. The number of carbonyl (C=O) groups is 2. The molecule has 3 aromatic carbocycles. The molecule has 7 nitrogen and oxygen atoms in total. The van der Waals surface area contributed by atoms with Gasteiger partial charge in [-0.25, -0.2) is 5.43 Å². The number of amides is 1. The summed E-state index contributed by atoms with van der Waals surface area (Å²) in [6.07, 6.45) is 2.08. The molecule has 0 aliphatic rings. The Morgan fingerprint density at radius 2 is 1.69 bits per heavy atom. The third kappa shape index (κ3) is 5.63. The number of rotatable bonds is 10. The summed E-state index contributed by atoms with van der Waals surface area (Å²) in [5, 5.41) is 5.25. The van der Waals surface area contributed by atoms with Crippen molar-refractivity contribution in [3.63, 3.8) is 0 Å². The Morgan fingerprint density at radius 1 is 0.972 bits per heavy atom. The standard InChI is InChI=1S/C29H29N3O4/c1-19-24(23-11-7-8-12-25(23)31-19)18-30-32-29(34)22(15-20-9-5-4-6-10-20)16-26(33)21-13-14-27(35-2)28(17-21)36-3/h4-14,17-18,22,31H,15-16H2,1-3H3,(H,32,34)/b30-18+/t22-/m1/s1. The molecular weight excluding hydrogens is 454 g/mol. The van der Waals surface area contributed by atoms with Crippen molar-refractivity contribution in [2.45, 2.75) is 19.8 Å². The minimum Gasteiger partial charge on any atom is -0.493 e. The SMILES string of the molecule is COc1ccc(C(=O)C[C@@H](Cc2ccccc2)C(=O)N/N=C/c2c(C)[nH]c3ccccc23)cc1OC. The van der Waals surface area contributed by atoms with Crippen LogP contribution in [-0.4, -0.2) is 37.1 Å². The van der Waals surface area contributed by atoms with Gasteiger partial charge in [0.25, 0.3) is 0 Å². The molecule has 1 atom stereocenters.